The Morgan fingerprint density at radius 3 is 2.63 bits per heavy atom. The second-order valence-corrected chi connectivity index (χ2v) is 10.00. The molecule has 2 heterocycles. The van der Waals surface area contributed by atoms with Crippen molar-refractivity contribution in [2.75, 3.05) is 0 Å². The second-order valence-electron chi connectivity index (χ2n) is 10.00. The van der Waals surface area contributed by atoms with Crippen molar-refractivity contribution in [1.29, 1.82) is 0 Å². The summed E-state index contributed by atoms with van der Waals surface area (Å²) in [5, 5.41) is 20.4. The third-order valence-electron chi connectivity index (χ3n) is 8.07. The third-order valence-corrected chi connectivity index (χ3v) is 8.07. The minimum atomic E-state index is -1.27. The van der Waals surface area contributed by atoms with E-state index in [0.717, 1.165) is 19.3 Å². The summed E-state index contributed by atoms with van der Waals surface area (Å²) in [6, 6.07) is -1.25. The monoisotopic (exact) mass is 419 g/mol. The Bertz CT molecular complexity index is 837. The van der Waals surface area contributed by atoms with Crippen LogP contribution >= 0.6 is 0 Å². The molecule has 1 spiro atoms. The van der Waals surface area contributed by atoms with Gasteiger partial charge in [-0.15, -0.1) is 0 Å². The molecule has 164 valence electrons. The number of carboxylic acid groups (broad SMARTS) is 2. The summed E-state index contributed by atoms with van der Waals surface area (Å²) in [5.41, 5.74) is -0.930. The van der Waals surface area contributed by atoms with Crippen molar-refractivity contribution in [2.45, 2.75) is 76.5 Å². The number of carbonyl (C=O) groups excluding carboxylic acids is 2. The van der Waals surface area contributed by atoms with Gasteiger partial charge in [-0.1, -0.05) is 13.0 Å². The summed E-state index contributed by atoms with van der Waals surface area (Å²) in [7, 11) is 0. The number of amides is 1. The normalized spacial score (nSPS) is 41.5. The number of carboxylic acids is 2. The van der Waals surface area contributed by atoms with Gasteiger partial charge in [-0.25, -0.2) is 4.79 Å². The van der Waals surface area contributed by atoms with E-state index in [9.17, 15) is 24.3 Å². The molecule has 0 aromatic rings. The van der Waals surface area contributed by atoms with E-state index in [-0.39, 0.29) is 48.1 Å². The van der Waals surface area contributed by atoms with Crippen molar-refractivity contribution in [2.24, 2.45) is 22.7 Å². The fraction of sp³-hybridized carbons (Fsp3) is 0.727. The summed E-state index contributed by atoms with van der Waals surface area (Å²) in [6.07, 6.45) is 6.40. The van der Waals surface area contributed by atoms with Crippen LogP contribution in [-0.4, -0.2) is 51.6 Å². The molecule has 5 aliphatic rings. The average molecular weight is 419 g/mol. The van der Waals surface area contributed by atoms with Gasteiger partial charge in [-0.2, -0.15) is 0 Å². The molecular formula is C22H29NO7. The SMILES string of the molecule is CC12CC34C=CC(=O)[C@@](C)(CCC(=O)N[C@@H](CCC(=O)O)C(=O)O)C3C(CC1C4)O2. The molecule has 4 fully saturated rings. The Morgan fingerprint density at radius 1 is 1.27 bits per heavy atom. The van der Waals surface area contributed by atoms with Gasteiger partial charge in [-0.05, 0) is 56.4 Å². The summed E-state index contributed by atoms with van der Waals surface area (Å²) < 4.78 is 6.38. The zero-order valence-electron chi connectivity index (χ0n) is 17.3. The molecule has 0 radical (unpaired) electrons. The first-order valence-corrected chi connectivity index (χ1v) is 10.6. The number of aliphatic carboxylic acids is 2. The van der Waals surface area contributed by atoms with Crippen molar-refractivity contribution in [1.82, 2.24) is 5.32 Å². The summed E-state index contributed by atoms with van der Waals surface area (Å²) in [5.74, 6) is -2.34. The molecule has 0 aromatic carbocycles. The molecule has 7 atom stereocenters. The first-order valence-electron chi connectivity index (χ1n) is 10.6. The number of hydrogen-bond acceptors (Lipinski definition) is 5. The maximum Gasteiger partial charge on any atom is 0.326 e. The molecule has 0 aromatic heterocycles. The van der Waals surface area contributed by atoms with Crippen LogP contribution in [0.2, 0.25) is 0 Å². The molecule has 5 rings (SSSR count). The Morgan fingerprint density at radius 2 is 2.00 bits per heavy atom. The fourth-order valence-electron chi connectivity index (χ4n) is 6.81. The molecule has 3 aliphatic carbocycles. The summed E-state index contributed by atoms with van der Waals surface area (Å²) in [4.78, 5) is 47.5. The standard InChI is InChI=1S/C22H29NO7/c1-20(7-6-16(25)23-13(19(28)29)3-4-17(26)27)15(24)5-8-22-10-12-9-14(18(20)22)30-21(12,2)11-22/h5,8,12-14,18H,3-4,6-7,9-11H2,1-2H3,(H,23,25)(H,26,27)(H,28,29)/t12?,13-,14?,18?,20+,21?,22?/m0/s1. The number of carbonyl (C=O) groups is 4. The molecule has 2 saturated carbocycles. The second kappa shape index (κ2) is 6.90. The zero-order valence-corrected chi connectivity index (χ0v) is 17.3. The highest BCUT2D eigenvalue weighted by molar-refractivity contribution is 5.96. The maximum absolute atomic E-state index is 13.0. The van der Waals surface area contributed by atoms with Crippen LogP contribution in [0.5, 0.6) is 0 Å². The van der Waals surface area contributed by atoms with Gasteiger partial charge in [0.25, 0.3) is 0 Å². The predicted molar refractivity (Wildman–Crippen MR) is 104 cm³/mol. The minimum absolute atomic E-state index is 0.00543. The van der Waals surface area contributed by atoms with E-state index in [1.54, 1.807) is 6.08 Å². The quantitative estimate of drug-likeness (QED) is 0.548. The van der Waals surface area contributed by atoms with Gasteiger partial charge < -0.3 is 20.3 Å². The highest BCUT2D eigenvalue weighted by Gasteiger charge is 2.71. The van der Waals surface area contributed by atoms with E-state index in [1.807, 2.05) is 6.92 Å². The number of ketones is 1. The van der Waals surface area contributed by atoms with Crippen LogP contribution in [0.4, 0.5) is 0 Å². The lowest BCUT2D eigenvalue weighted by molar-refractivity contribution is -0.169. The van der Waals surface area contributed by atoms with Crippen LogP contribution in [0.15, 0.2) is 12.2 Å². The molecule has 2 saturated heterocycles. The molecular weight excluding hydrogens is 390 g/mol. The third kappa shape index (κ3) is 3.16. The fourth-order valence-corrected chi connectivity index (χ4v) is 6.81. The van der Waals surface area contributed by atoms with Crippen LogP contribution in [0.25, 0.3) is 0 Å². The van der Waals surface area contributed by atoms with Gasteiger partial charge in [0.2, 0.25) is 5.91 Å². The molecule has 2 aliphatic heterocycles. The van der Waals surface area contributed by atoms with Crippen molar-refractivity contribution >= 4 is 23.6 Å². The van der Waals surface area contributed by atoms with E-state index in [0.29, 0.717) is 12.3 Å². The number of allylic oxidation sites excluding steroid dienone is 2. The first kappa shape index (κ1) is 21.0. The van der Waals surface area contributed by atoms with Crippen LogP contribution in [0, 0.1) is 22.7 Å². The van der Waals surface area contributed by atoms with Gasteiger partial charge in [0.05, 0.1) is 11.7 Å². The number of nitrogens with one attached hydrogen (secondary N) is 1. The lowest BCUT2D eigenvalue weighted by atomic mass is 9.51. The van der Waals surface area contributed by atoms with Crippen LogP contribution in [0.3, 0.4) is 0 Å². The summed E-state index contributed by atoms with van der Waals surface area (Å²) >= 11 is 0. The van der Waals surface area contributed by atoms with Gasteiger partial charge >= 0.3 is 11.9 Å². The maximum atomic E-state index is 13.0. The Balaban J connectivity index is 1.46. The van der Waals surface area contributed by atoms with E-state index < -0.39 is 29.3 Å². The smallest absolute Gasteiger partial charge is 0.326 e. The Hall–Kier alpha value is -2.22. The average Bonchev–Trinajstić information content (AvgIpc) is 3.02. The van der Waals surface area contributed by atoms with Crippen molar-refractivity contribution in [3.05, 3.63) is 12.2 Å². The van der Waals surface area contributed by atoms with E-state index in [2.05, 4.69) is 18.3 Å². The molecule has 30 heavy (non-hydrogen) atoms. The largest absolute Gasteiger partial charge is 0.481 e. The van der Waals surface area contributed by atoms with E-state index >= 15 is 0 Å². The van der Waals surface area contributed by atoms with Crippen LogP contribution in [0.1, 0.15) is 58.8 Å². The molecule has 8 nitrogen and oxygen atoms in total. The number of rotatable bonds is 8. The molecule has 1 amide bonds. The van der Waals surface area contributed by atoms with Gasteiger partial charge in [-0.3, -0.25) is 14.4 Å². The highest BCUT2D eigenvalue weighted by atomic mass is 16.5. The Labute approximate surface area is 175 Å². The highest BCUT2D eigenvalue weighted by Crippen LogP contribution is 2.71. The van der Waals surface area contributed by atoms with Crippen molar-refractivity contribution in [3.63, 3.8) is 0 Å². The van der Waals surface area contributed by atoms with Crippen molar-refractivity contribution in [3.8, 4) is 0 Å². The van der Waals surface area contributed by atoms with E-state index in [4.69, 9.17) is 9.84 Å². The van der Waals surface area contributed by atoms with Gasteiger partial charge in [0.1, 0.15) is 6.04 Å². The van der Waals surface area contributed by atoms with Crippen LogP contribution < -0.4 is 5.32 Å². The zero-order chi connectivity index (χ0) is 21.9. The predicted octanol–water partition coefficient (Wildman–Crippen LogP) is 1.92. The molecule has 3 N–H and O–H groups in total. The summed E-state index contributed by atoms with van der Waals surface area (Å²) in [6.45, 7) is 4.08. The number of hydrogen-bond donors (Lipinski definition) is 3. The molecule has 5 unspecified atom stereocenters. The first-order chi connectivity index (χ1) is 14.0. The topological polar surface area (TPSA) is 130 Å². The number of ether oxygens (including phenoxy) is 1. The molecule has 4 bridgehead atoms. The lowest BCUT2D eigenvalue weighted by Gasteiger charge is -2.55. The lowest BCUT2D eigenvalue weighted by Crippen LogP contribution is -2.56. The minimum Gasteiger partial charge on any atom is -0.481 e. The molecule has 8 heteroatoms. The van der Waals surface area contributed by atoms with Gasteiger partial charge in [0, 0.05) is 24.2 Å². The van der Waals surface area contributed by atoms with Gasteiger partial charge in [0.15, 0.2) is 5.78 Å². The van der Waals surface area contributed by atoms with Crippen LogP contribution in [-0.2, 0) is 23.9 Å². The van der Waals surface area contributed by atoms with E-state index in [1.165, 1.54) is 0 Å². The Kier molecular flexibility index (Phi) is 4.84. The van der Waals surface area contributed by atoms with Crippen molar-refractivity contribution < 1.29 is 34.1 Å².